The number of piperidine rings is 1. The number of carbonyl (C=O) groups excluding carboxylic acids is 1. The van der Waals surface area contributed by atoms with Crippen LogP contribution in [0.3, 0.4) is 0 Å². The second-order valence-corrected chi connectivity index (χ2v) is 7.97. The minimum atomic E-state index is -0.134. The van der Waals surface area contributed by atoms with Gasteiger partial charge >= 0.3 is 0 Å². The lowest BCUT2D eigenvalue weighted by molar-refractivity contribution is -0.132. The molecule has 3 unspecified atom stereocenters. The smallest absolute Gasteiger partial charge is 0.235 e. The van der Waals surface area contributed by atoms with Gasteiger partial charge in [-0.2, -0.15) is 0 Å². The molecule has 1 saturated heterocycles. The molecule has 0 spiro atoms. The highest BCUT2D eigenvalue weighted by Crippen LogP contribution is 2.30. The Labute approximate surface area is 141 Å². The summed E-state index contributed by atoms with van der Waals surface area (Å²) >= 11 is 1.53. The van der Waals surface area contributed by atoms with Crippen LogP contribution in [-0.2, 0) is 4.79 Å². The number of carbonyl (C=O) groups is 1. The number of hydrogen-bond donors (Lipinski definition) is 0. The molecule has 1 aromatic carbocycles. The highest BCUT2D eigenvalue weighted by molar-refractivity contribution is 8.00. The zero-order chi connectivity index (χ0) is 16.4. The molecule has 23 heavy (non-hydrogen) atoms. The summed E-state index contributed by atoms with van der Waals surface area (Å²) < 4.78 is 0. The zero-order valence-electron chi connectivity index (χ0n) is 13.9. The van der Waals surface area contributed by atoms with E-state index in [9.17, 15) is 4.79 Å². The maximum atomic E-state index is 12.8. The first kappa shape index (κ1) is 16.2. The van der Waals surface area contributed by atoms with Crippen LogP contribution >= 0.6 is 11.8 Å². The minimum Gasteiger partial charge on any atom is -0.341 e. The van der Waals surface area contributed by atoms with Crippen LogP contribution in [0, 0.1) is 11.8 Å². The predicted octanol–water partition coefficient (Wildman–Crippen LogP) is 3.61. The third kappa shape index (κ3) is 3.66. The van der Waals surface area contributed by atoms with Gasteiger partial charge in [-0.05, 0) is 31.2 Å². The lowest BCUT2D eigenvalue weighted by Crippen LogP contribution is -2.45. The van der Waals surface area contributed by atoms with Crippen molar-refractivity contribution >= 4 is 28.6 Å². The monoisotopic (exact) mass is 329 g/mol. The SMILES string of the molecule is CC1CC(C)CN(C(=O)C(C)Sc2ncnc3ccccc23)C1. The normalized spacial score (nSPS) is 23.0. The van der Waals surface area contributed by atoms with E-state index in [1.807, 2.05) is 36.1 Å². The Morgan fingerprint density at radius 3 is 2.65 bits per heavy atom. The summed E-state index contributed by atoms with van der Waals surface area (Å²) in [4.78, 5) is 23.5. The van der Waals surface area contributed by atoms with Gasteiger partial charge in [0.05, 0.1) is 10.8 Å². The Morgan fingerprint density at radius 2 is 1.91 bits per heavy atom. The summed E-state index contributed by atoms with van der Waals surface area (Å²) in [7, 11) is 0. The molecular weight excluding hydrogens is 306 g/mol. The van der Waals surface area contributed by atoms with E-state index in [-0.39, 0.29) is 11.2 Å². The fourth-order valence-corrected chi connectivity index (χ4v) is 4.38. The molecule has 1 amide bonds. The standard InChI is InChI=1S/C18H23N3OS/c1-12-8-13(2)10-21(9-12)18(22)14(3)23-17-15-6-4-5-7-16(15)19-11-20-17/h4-7,11-14H,8-10H2,1-3H3. The third-order valence-electron chi connectivity index (χ3n) is 4.32. The molecule has 1 aliphatic heterocycles. The summed E-state index contributed by atoms with van der Waals surface area (Å²) in [5.74, 6) is 1.38. The zero-order valence-corrected chi connectivity index (χ0v) is 14.7. The van der Waals surface area contributed by atoms with Gasteiger partial charge in [0.1, 0.15) is 11.4 Å². The Bertz CT molecular complexity index is 690. The van der Waals surface area contributed by atoms with Gasteiger partial charge < -0.3 is 4.90 Å². The summed E-state index contributed by atoms with van der Waals surface area (Å²) in [5, 5.41) is 1.76. The van der Waals surface area contributed by atoms with Crippen molar-refractivity contribution in [3.8, 4) is 0 Å². The van der Waals surface area contributed by atoms with Gasteiger partial charge in [0, 0.05) is 18.5 Å². The molecule has 2 heterocycles. The molecule has 0 radical (unpaired) electrons. The van der Waals surface area contributed by atoms with E-state index in [0.29, 0.717) is 11.8 Å². The van der Waals surface area contributed by atoms with Gasteiger partial charge in [0.25, 0.3) is 0 Å². The van der Waals surface area contributed by atoms with Crippen molar-refractivity contribution in [2.24, 2.45) is 11.8 Å². The first-order valence-electron chi connectivity index (χ1n) is 8.19. The van der Waals surface area contributed by atoms with Gasteiger partial charge in [0.2, 0.25) is 5.91 Å². The molecule has 3 atom stereocenters. The predicted molar refractivity (Wildman–Crippen MR) is 94.4 cm³/mol. The Morgan fingerprint density at radius 1 is 1.22 bits per heavy atom. The van der Waals surface area contributed by atoms with Crippen LogP contribution in [0.15, 0.2) is 35.6 Å². The largest absolute Gasteiger partial charge is 0.341 e. The van der Waals surface area contributed by atoms with Crippen LogP contribution < -0.4 is 0 Å². The summed E-state index contributed by atoms with van der Waals surface area (Å²) in [6.45, 7) is 8.18. The van der Waals surface area contributed by atoms with Crippen molar-refractivity contribution < 1.29 is 4.79 Å². The average molecular weight is 329 g/mol. The van der Waals surface area contributed by atoms with E-state index >= 15 is 0 Å². The maximum Gasteiger partial charge on any atom is 0.235 e. The molecule has 122 valence electrons. The third-order valence-corrected chi connectivity index (χ3v) is 5.43. The summed E-state index contributed by atoms with van der Waals surface area (Å²) in [6, 6.07) is 7.94. The molecule has 0 saturated carbocycles. The molecule has 1 aromatic heterocycles. The molecular formula is C18H23N3OS. The molecule has 0 bridgehead atoms. The lowest BCUT2D eigenvalue weighted by atomic mass is 9.92. The number of nitrogens with zero attached hydrogens (tertiary/aromatic N) is 3. The van der Waals surface area contributed by atoms with Crippen molar-refractivity contribution in [1.29, 1.82) is 0 Å². The van der Waals surface area contributed by atoms with E-state index in [2.05, 4.69) is 23.8 Å². The lowest BCUT2D eigenvalue weighted by Gasteiger charge is -2.36. The number of hydrogen-bond acceptors (Lipinski definition) is 4. The van der Waals surface area contributed by atoms with Gasteiger partial charge in [0.15, 0.2) is 0 Å². The first-order valence-corrected chi connectivity index (χ1v) is 9.07. The second-order valence-electron chi connectivity index (χ2n) is 6.65. The van der Waals surface area contributed by atoms with E-state index in [4.69, 9.17) is 0 Å². The molecule has 0 N–H and O–H groups in total. The van der Waals surface area contributed by atoms with E-state index < -0.39 is 0 Å². The van der Waals surface area contributed by atoms with Crippen molar-refractivity contribution in [3.05, 3.63) is 30.6 Å². The number of fused-ring (bicyclic) bond motifs is 1. The number of thioether (sulfide) groups is 1. The number of para-hydroxylation sites is 1. The number of rotatable bonds is 3. The molecule has 5 heteroatoms. The first-order chi connectivity index (χ1) is 11.0. The van der Waals surface area contributed by atoms with Gasteiger partial charge in [-0.3, -0.25) is 4.79 Å². The number of likely N-dealkylation sites (tertiary alicyclic amines) is 1. The molecule has 3 rings (SSSR count). The topological polar surface area (TPSA) is 46.1 Å². The van der Waals surface area contributed by atoms with Crippen molar-refractivity contribution in [3.63, 3.8) is 0 Å². The molecule has 4 nitrogen and oxygen atoms in total. The van der Waals surface area contributed by atoms with Gasteiger partial charge in [-0.1, -0.05) is 43.8 Å². The number of benzene rings is 1. The van der Waals surface area contributed by atoms with Crippen LogP contribution in [0.4, 0.5) is 0 Å². The maximum absolute atomic E-state index is 12.8. The number of aromatic nitrogens is 2. The van der Waals surface area contributed by atoms with E-state index in [0.717, 1.165) is 29.0 Å². The average Bonchev–Trinajstić information content (AvgIpc) is 2.53. The molecule has 1 aliphatic rings. The Balaban J connectivity index is 1.75. The van der Waals surface area contributed by atoms with Gasteiger partial charge in [-0.25, -0.2) is 9.97 Å². The Hall–Kier alpha value is -1.62. The van der Waals surface area contributed by atoms with Crippen molar-refractivity contribution in [2.45, 2.75) is 37.5 Å². The quantitative estimate of drug-likeness (QED) is 0.637. The van der Waals surface area contributed by atoms with Crippen LogP contribution in [0.25, 0.3) is 10.9 Å². The second kappa shape index (κ2) is 6.87. The van der Waals surface area contributed by atoms with Crippen molar-refractivity contribution in [2.75, 3.05) is 13.1 Å². The highest BCUT2D eigenvalue weighted by atomic mass is 32.2. The Kier molecular flexibility index (Phi) is 4.85. The van der Waals surface area contributed by atoms with Crippen molar-refractivity contribution in [1.82, 2.24) is 14.9 Å². The minimum absolute atomic E-state index is 0.134. The summed E-state index contributed by atoms with van der Waals surface area (Å²) in [6.07, 6.45) is 2.79. The van der Waals surface area contributed by atoms with Crippen LogP contribution in [0.1, 0.15) is 27.2 Å². The molecule has 2 aromatic rings. The summed E-state index contributed by atoms with van der Waals surface area (Å²) in [5.41, 5.74) is 0.921. The van der Waals surface area contributed by atoms with E-state index in [1.54, 1.807) is 6.33 Å². The fourth-order valence-electron chi connectivity index (χ4n) is 3.39. The molecule has 0 aliphatic carbocycles. The van der Waals surface area contributed by atoms with Crippen LogP contribution in [-0.4, -0.2) is 39.1 Å². The van der Waals surface area contributed by atoms with Gasteiger partial charge in [-0.15, -0.1) is 0 Å². The highest BCUT2D eigenvalue weighted by Gasteiger charge is 2.29. The molecule has 1 fully saturated rings. The van der Waals surface area contributed by atoms with Crippen LogP contribution in [0.5, 0.6) is 0 Å². The fraction of sp³-hybridized carbons (Fsp3) is 0.500. The van der Waals surface area contributed by atoms with Crippen LogP contribution in [0.2, 0.25) is 0 Å². The van der Waals surface area contributed by atoms with E-state index in [1.165, 1.54) is 18.2 Å². The number of amides is 1.